The standard InChI is InChI=1S/C12H18ClNOS/c13-8-10-9-16-12(14-10)6-3-7-15-11-4-1-2-5-11/h9,11H,1-8H2. The lowest BCUT2D eigenvalue weighted by molar-refractivity contribution is 0.0569. The van der Waals surface area contributed by atoms with Gasteiger partial charge in [0.2, 0.25) is 0 Å². The van der Waals surface area contributed by atoms with Gasteiger partial charge in [0.05, 0.1) is 22.7 Å². The third kappa shape index (κ3) is 3.72. The van der Waals surface area contributed by atoms with Gasteiger partial charge in [-0.2, -0.15) is 0 Å². The highest BCUT2D eigenvalue weighted by Gasteiger charge is 2.14. The van der Waals surface area contributed by atoms with Gasteiger partial charge in [-0.3, -0.25) is 0 Å². The summed E-state index contributed by atoms with van der Waals surface area (Å²) < 4.78 is 5.81. The second kappa shape index (κ2) is 6.58. The zero-order valence-electron chi connectivity index (χ0n) is 9.45. The van der Waals surface area contributed by atoms with Crippen molar-refractivity contribution in [3.63, 3.8) is 0 Å². The average molecular weight is 260 g/mol. The molecule has 1 fully saturated rings. The van der Waals surface area contributed by atoms with Crippen molar-refractivity contribution in [2.75, 3.05) is 6.61 Å². The Balaban J connectivity index is 1.60. The van der Waals surface area contributed by atoms with Gasteiger partial charge < -0.3 is 4.74 Å². The summed E-state index contributed by atoms with van der Waals surface area (Å²) in [5.41, 5.74) is 0.998. The molecule has 16 heavy (non-hydrogen) atoms. The maximum Gasteiger partial charge on any atom is 0.0929 e. The Morgan fingerprint density at radius 3 is 2.94 bits per heavy atom. The molecule has 1 aliphatic carbocycles. The zero-order valence-corrected chi connectivity index (χ0v) is 11.0. The Morgan fingerprint density at radius 1 is 1.44 bits per heavy atom. The molecule has 0 saturated heterocycles. The van der Waals surface area contributed by atoms with Gasteiger partial charge >= 0.3 is 0 Å². The first-order valence-corrected chi connectivity index (χ1v) is 7.41. The van der Waals surface area contributed by atoms with E-state index in [-0.39, 0.29) is 0 Å². The van der Waals surface area contributed by atoms with E-state index in [1.807, 2.05) is 5.38 Å². The molecule has 0 amide bonds. The molecule has 90 valence electrons. The van der Waals surface area contributed by atoms with Crippen LogP contribution in [0.15, 0.2) is 5.38 Å². The lowest BCUT2D eigenvalue weighted by Crippen LogP contribution is -2.08. The first-order chi connectivity index (χ1) is 7.88. The van der Waals surface area contributed by atoms with E-state index in [9.17, 15) is 0 Å². The third-order valence-corrected chi connectivity index (χ3v) is 4.16. The van der Waals surface area contributed by atoms with Crippen LogP contribution in [0.2, 0.25) is 0 Å². The predicted molar refractivity (Wildman–Crippen MR) is 68.2 cm³/mol. The molecule has 2 nitrogen and oxygen atoms in total. The average Bonchev–Trinajstić information content (AvgIpc) is 2.95. The van der Waals surface area contributed by atoms with Crippen LogP contribution < -0.4 is 0 Å². The number of rotatable bonds is 6. The normalized spacial score (nSPS) is 17.1. The van der Waals surface area contributed by atoms with Crippen LogP contribution in [-0.4, -0.2) is 17.7 Å². The van der Waals surface area contributed by atoms with E-state index < -0.39 is 0 Å². The number of alkyl halides is 1. The lowest BCUT2D eigenvalue weighted by Gasteiger charge is -2.09. The maximum absolute atomic E-state index is 5.81. The SMILES string of the molecule is ClCc1csc(CCCOC2CCCC2)n1. The lowest BCUT2D eigenvalue weighted by atomic mass is 10.3. The van der Waals surface area contributed by atoms with Gasteiger partial charge in [0.15, 0.2) is 0 Å². The van der Waals surface area contributed by atoms with Crippen LogP contribution in [0.4, 0.5) is 0 Å². The number of halogens is 1. The number of hydrogen-bond acceptors (Lipinski definition) is 3. The minimum atomic E-state index is 0.523. The summed E-state index contributed by atoms with van der Waals surface area (Å²) in [6, 6.07) is 0. The van der Waals surface area contributed by atoms with Crippen molar-refractivity contribution in [2.45, 2.75) is 50.5 Å². The van der Waals surface area contributed by atoms with E-state index >= 15 is 0 Å². The molecule has 0 radical (unpaired) electrons. The van der Waals surface area contributed by atoms with Gasteiger partial charge in [-0.05, 0) is 19.3 Å². The van der Waals surface area contributed by atoms with Crippen molar-refractivity contribution in [1.29, 1.82) is 0 Å². The van der Waals surface area contributed by atoms with Crippen molar-refractivity contribution in [1.82, 2.24) is 4.98 Å². The fraction of sp³-hybridized carbons (Fsp3) is 0.750. The Hall–Kier alpha value is -0.120. The van der Waals surface area contributed by atoms with Crippen molar-refractivity contribution < 1.29 is 4.74 Å². The van der Waals surface area contributed by atoms with Gasteiger partial charge in [-0.1, -0.05) is 12.8 Å². The summed E-state index contributed by atoms with van der Waals surface area (Å²) in [6.07, 6.45) is 7.84. The summed E-state index contributed by atoms with van der Waals surface area (Å²) in [7, 11) is 0. The van der Waals surface area contributed by atoms with E-state index in [1.165, 1.54) is 30.7 Å². The van der Waals surface area contributed by atoms with Crippen molar-refractivity contribution in [2.24, 2.45) is 0 Å². The summed E-state index contributed by atoms with van der Waals surface area (Å²) in [6.45, 7) is 0.875. The van der Waals surface area contributed by atoms with Gasteiger partial charge in [-0.25, -0.2) is 4.98 Å². The molecule has 1 heterocycles. The topological polar surface area (TPSA) is 22.1 Å². The zero-order chi connectivity index (χ0) is 11.2. The molecule has 1 aliphatic rings. The minimum Gasteiger partial charge on any atom is -0.378 e. The first kappa shape index (κ1) is 12.3. The van der Waals surface area contributed by atoms with E-state index in [2.05, 4.69) is 4.98 Å². The molecule has 0 N–H and O–H groups in total. The van der Waals surface area contributed by atoms with Crippen LogP contribution in [0.5, 0.6) is 0 Å². The highest BCUT2D eigenvalue weighted by Crippen LogP contribution is 2.21. The fourth-order valence-corrected chi connectivity index (χ4v) is 3.12. The minimum absolute atomic E-state index is 0.523. The third-order valence-electron chi connectivity index (χ3n) is 2.93. The van der Waals surface area contributed by atoms with Crippen molar-refractivity contribution in [3.8, 4) is 0 Å². The van der Waals surface area contributed by atoms with Gasteiger partial charge in [0.1, 0.15) is 0 Å². The van der Waals surface area contributed by atoms with Crippen molar-refractivity contribution in [3.05, 3.63) is 16.1 Å². The molecule has 0 unspecified atom stereocenters. The van der Waals surface area contributed by atoms with Crippen LogP contribution in [-0.2, 0) is 17.0 Å². The van der Waals surface area contributed by atoms with E-state index in [0.29, 0.717) is 12.0 Å². The molecule has 1 aromatic rings. The molecule has 4 heteroatoms. The second-order valence-electron chi connectivity index (χ2n) is 4.25. The quantitative estimate of drug-likeness (QED) is 0.573. The van der Waals surface area contributed by atoms with E-state index in [1.54, 1.807) is 11.3 Å². The second-order valence-corrected chi connectivity index (χ2v) is 5.46. The summed E-state index contributed by atoms with van der Waals surface area (Å²) in [5, 5.41) is 3.23. The van der Waals surface area contributed by atoms with E-state index in [0.717, 1.165) is 25.1 Å². The molecule has 0 aliphatic heterocycles. The van der Waals surface area contributed by atoms with Crippen LogP contribution in [0, 0.1) is 0 Å². The molecule has 0 aromatic carbocycles. The number of ether oxygens (including phenoxy) is 1. The highest BCUT2D eigenvalue weighted by molar-refractivity contribution is 7.09. The van der Waals surface area contributed by atoms with Crippen LogP contribution >= 0.6 is 22.9 Å². The van der Waals surface area contributed by atoms with E-state index in [4.69, 9.17) is 16.3 Å². The number of aromatic nitrogens is 1. The predicted octanol–water partition coefficient (Wildman–Crippen LogP) is 3.77. The van der Waals surface area contributed by atoms with Crippen LogP contribution in [0.25, 0.3) is 0 Å². The molecular weight excluding hydrogens is 242 g/mol. The molecule has 0 atom stereocenters. The fourth-order valence-electron chi connectivity index (χ4n) is 2.05. The summed E-state index contributed by atoms with van der Waals surface area (Å²) in [5.74, 6) is 0.523. The van der Waals surface area contributed by atoms with Gasteiger partial charge in [0.25, 0.3) is 0 Å². The monoisotopic (exact) mass is 259 g/mol. The molecular formula is C12H18ClNOS. The Labute approximate surface area is 106 Å². The summed E-state index contributed by atoms with van der Waals surface area (Å²) in [4.78, 5) is 4.43. The van der Waals surface area contributed by atoms with Crippen LogP contribution in [0.1, 0.15) is 42.8 Å². The van der Waals surface area contributed by atoms with Gasteiger partial charge in [0, 0.05) is 18.4 Å². The molecule has 1 saturated carbocycles. The first-order valence-electron chi connectivity index (χ1n) is 5.99. The van der Waals surface area contributed by atoms with Crippen molar-refractivity contribution >= 4 is 22.9 Å². The number of hydrogen-bond donors (Lipinski definition) is 0. The summed E-state index contributed by atoms with van der Waals surface area (Å²) >= 11 is 7.41. The smallest absolute Gasteiger partial charge is 0.0929 e. The maximum atomic E-state index is 5.81. The Bertz CT molecular complexity index is 310. The Kier molecular flexibility index (Phi) is 5.07. The van der Waals surface area contributed by atoms with Crippen LogP contribution in [0.3, 0.4) is 0 Å². The number of nitrogens with zero attached hydrogens (tertiary/aromatic N) is 1. The number of aryl methyl sites for hydroxylation is 1. The molecule has 0 bridgehead atoms. The largest absolute Gasteiger partial charge is 0.378 e. The molecule has 2 rings (SSSR count). The Morgan fingerprint density at radius 2 is 2.25 bits per heavy atom. The molecule has 1 aromatic heterocycles. The van der Waals surface area contributed by atoms with Gasteiger partial charge in [-0.15, -0.1) is 22.9 Å². The number of thiazole rings is 1. The molecule has 0 spiro atoms. The highest BCUT2D eigenvalue weighted by atomic mass is 35.5.